The first-order chi connectivity index (χ1) is 12.6. The van der Waals surface area contributed by atoms with E-state index in [2.05, 4.69) is 0 Å². The molecular formula is C20H19NO5. The van der Waals surface area contributed by atoms with Crippen LogP contribution < -0.4 is 4.74 Å². The monoisotopic (exact) mass is 353 g/mol. The van der Waals surface area contributed by atoms with Crippen molar-refractivity contribution in [2.75, 3.05) is 13.2 Å². The number of carbonyl (C=O) groups excluding carboxylic acids is 2. The predicted molar refractivity (Wildman–Crippen MR) is 93.8 cm³/mol. The summed E-state index contributed by atoms with van der Waals surface area (Å²) in [5.74, 6) is -0.730. The van der Waals surface area contributed by atoms with Crippen LogP contribution in [0.5, 0.6) is 5.75 Å². The summed E-state index contributed by atoms with van der Waals surface area (Å²) in [4.78, 5) is 24.0. The molecule has 6 heteroatoms. The van der Waals surface area contributed by atoms with Gasteiger partial charge in [-0.3, -0.25) is 0 Å². The maximum absolute atomic E-state index is 12.0. The standard InChI is InChI=1S/C20H19NO5/c1-3-24-19(22)16-9-17(20(23)25-4-2)11-18(10-16)26-13-15-7-5-14(12-21)6-8-15/h5-11H,3-4,13H2,1-2H3. The highest BCUT2D eigenvalue weighted by atomic mass is 16.5. The summed E-state index contributed by atoms with van der Waals surface area (Å²) in [7, 11) is 0. The van der Waals surface area contributed by atoms with Gasteiger partial charge in [-0.25, -0.2) is 9.59 Å². The lowest BCUT2D eigenvalue weighted by molar-refractivity contribution is 0.0524. The first-order valence-electron chi connectivity index (χ1n) is 8.18. The molecule has 2 aromatic carbocycles. The van der Waals surface area contributed by atoms with E-state index < -0.39 is 11.9 Å². The molecule has 0 aliphatic rings. The highest BCUT2D eigenvalue weighted by Gasteiger charge is 2.15. The quantitative estimate of drug-likeness (QED) is 0.708. The molecule has 2 aromatic rings. The van der Waals surface area contributed by atoms with Gasteiger partial charge in [-0.1, -0.05) is 12.1 Å². The number of esters is 2. The topological polar surface area (TPSA) is 85.6 Å². The van der Waals surface area contributed by atoms with Crippen molar-refractivity contribution >= 4 is 11.9 Å². The van der Waals surface area contributed by atoms with Gasteiger partial charge in [-0.05, 0) is 49.7 Å². The van der Waals surface area contributed by atoms with E-state index in [1.165, 1.54) is 18.2 Å². The normalized spacial score (nSPS) is 9.88. The lowest BCUT2D eigenvalue weighted by Crippen LogP contribution is -2.10. The number of benzene rings is 2. The summed E-state index contributed by atoms with van der Waals surface area (Å²) < 4.78 is 15.7. The van der Waals surface area contributed by atoms with Crippen LogP contribution in [0.3, 0.4) is 0 Å². The first kappa shape index (κ1) is 19.0. The van der Waals surface area contributed by atoms with E-state index in [-0.39, 0.29) is 30.9 Å². The fourth-order valence-electron chi connectivity index (χ4n) is 2.19. The fourth-order valence-corrected chi connectivity index (χ4v) is 2.19. The second kappa shape index (κ2) is 9.23. The Labute approximate surface area is 151 Å². The average molecular weight is 353 g/mol. The van der Waals surface area contributed by atoms with Crippen molar-refractivity contribution in [3.8, 4) is 11.8 Å². The van der Waals surface area contributed by atoms with E-state index in [0.29, 0.717) is 11.3 Å². The molecule has 0 unspecified atom stereocenters. The zero-order valence-electron chi connectivity index (χ0n) is 14.7. The molecule has 6 nitrogen and oxygen atoms in total. The van der Waals surface area contributed by atoms with Gasteiger partial charge in [0.15, 0.2) is 0 Å². The molecular weight excluding hydrogens is 334 g/mol. The summed E-state index contributed by atoms with van der Waals surface area (Å²) in [6.45, 7) is 4.08. The Hall–Kier alpha value is -3.33. The Morgan fingerprint density at radius 2 is 1.46 bits per heavy atom. The van der Waals surface area contributed by atoms with E-state index in [0.717, 1.165) is 5.56 Å². The minimum Gasteiger partial charge on any atom is -0.489 e. The second-order valence-corrected chi connectivity index (χ2v) is 5.28. The Bertz CT molecular complexity index is 785. The van der Waals surface area contributed by atoms with Crippen molar-refractivity contribution in [1.82, 2.24) is 0 Å². The van der Waals surface area contributed by atoms with Gasteiger partial charge in [0, 0.05) is 0 Å². The molecule has 0 saturated heterocycles. The zero-order valence-corrected chi connectivity index (χ0v) is 14.7. The molecule has 0 aromatic heterocycles. The maximum Gasteiger partial charge on any atom is 0.338 e. The molecule has 0 atom stereocenters. The molecule has 0 radical (unpaired) electrons. The van der Waals surface area contributed by atoms with Crippen LogP contribution >= 0.6 is 0 Å². The zero-order chi connectivity index (χ0) is 18.9. The summed E-state index contributed by atoms with van der Waals surface area (Å²) in [6, 6.07) is 13.4. The highest BCUT2D eigenvalue weighted by molar-refractivity contribution is 5.96. The number of hydrogen-bond acceptors (Lipinski definition) is 6. The Balaban J connectivity index is 2.23. The Morgan fingerprint density at radius 1 is 0.923 bits per heavy atom. The van der Waals surface area contributed by atoms with Gasteiger partial charge in [0.25, 0.3) is 0 Å². The third kappa shape index (κ3) is 5.08. The van der Waals surface area contributed by atoms with E-state index >= 15 is 0 Å². The minimum atomic E-state index is -0.540. The third-order valence-electron chi connectivity index (χ3n) is 3.42. The molecule has 0 bridgehead atoms. The molecule has 0 aliphatic heterocycles. The maximum atomic E-state index is 12.0. The van der Waals surface area contributed by atoms with E-state index in [9.17, 15) is 9.59 Å². The van der Waals surface area contributed by atoms with Crippen LogP contribution in [-0.2, 0) is 16.1 Å². The Morgan fingerprint density at radius 3 is 1.92 bits per heavy atom. The fraction of sp³-hybridized carbons (Fsp3) is 0.250. The van der Waals surface area contributed by atoms with Crippen molar-refractivity contribution in [2.24, 2.45) is 0 Å². The predicted octanol–water partition coefficient (Wildman–Crippen LogP) is 3.49. The largest absolute Gasteiger partial charge is 0.489 e. The lowest BCUT2D eigenvalue weighted by Gasteiger charge is -2.11. The van der Waals surface area contributed by atoms with Gasteiger partial charge in [0.1, 0.15) is 12.4 Å². The first-order valence-corrected chi connectivity index (χ1v) is 8.18. The number of carbonyl (C=O) groups is 2. The van der Waals surface area contributed by atoms with Gasteiger partial charge < -0.3 is 14.2 Å². The highest BCUT2D eigenvalue weighted by Crippen LogP contribution is 2.20. The van der Waals surface area contributed by atoms with Crippen molar-refractivity contribution in [3.63, 3.8) is 0 Å². The smallest absolute Gasteiger partial charge is 0.338 e. The molecule has 0 aliphatic carbocycles. The van der Waals surface area contributed by atoms with Crippen molar-refractivity contribution in [2.45, 2.75) is 20.5 Å². The number of hydrogen-bond donors (Lipinski definition) is 0. The second-order valence-electron chi connectivity index (χ2n) is 5.28. The van der Waals surface area contributed by atoms with Crippen LogP contribution in [0, 0.1) is 11.3 Å². The summed E-state index contributed by atoms with van der Waals surface area (Å²) >= 11 is 0. The minimum absolute atomic E-state index is 0.215. The van der Waals surface area contributed by atoms with Crippen LogP contribution in [0.1, 0.15) is 45.7 Å². The molecule has 0 N–H and O–H groups in total. The SMILES string of the molecule is CCOC(=O)c1cc(OCc2ccc(C#N)cc2)cc(C(=O)OCC)c1. The van der Waals surface area contributed by atoms with Crippen molar-refractivity contribution in [1.29, 1.82) is 5.26 Å². The van der Waals surface area contributed by atoms with E-state index in [4.69, 9.17) is 19.5 Å². The van der Waals surface area contributed by atoms with Gasteiger partial charge in [-0.2, -0.15) is 5.26 Å². The molecule has 2 rings (SSSR count). The van der Waals surface area contributed by atoms with Gasteiger partial charge >= 0.3 is 11.9 Å². The summed E-state index contributed by atoms with van der Waals surface area (Å²) in [6.07, 6.45) is 0. The molecule has 0 heterocycles. The molecule has 26 heavy (non-hydrogen) atoms. The van der Waals surface area contributed by atoms with Gasteiger partial charge in [0.05, 0.1) is 36.0 Å². The summed E-state index contributed by atoms with van der Waals surface area (Å²) in [5, 5.41) is 8.82. The van der Waals surface area contributed by atoms with Crippen LogP contribution in [0.25, 0.3) is 0 Å². The number of nitrogens with zero attached hydrogens (tertiary/aromatic N) is 1. The van der Waals surface area contributed by atoms with Crippen LogP contribution in [0.2, 0.25) is 0 Å². The molecule has 0 amide bonds. The third-order valence-corrected chi connectivity index (χ3v) is 3.42. The molecule has 0 spiro atoms. The average Bonchev–Trinajstić information content (AvgIpc) is 2.67. The summed E-state index contributed by atoms with van der Waals surface area (Å²) in [5.41, 5.74) is 1.84. The van der Waals surface area contributed by atoms with Crippen molar-refractivity contribution in [3.05, 3.63) is 64.7 Å². The molecule has 0 saturated carbocycles. The Kier molecular flexibility index (Phi) is 6.75. The van der Waals surface area contributed by atoms with E-state index in [1.807, 2.05) is 6.07 Å². The number of ether oxygens (including phenoxy) is 3. The number of rotatable bonds is 7. The molecule has 0 fully saturated rings. The van der Waals surface area contributed by atoms with Gasteiger partial charge in [0.2, 0.25) is 0 Å². The number of nitriles is 1. The van der Waals surface area contributed by atoms with Crippen LogP contribution in [0.4, 0.5) is 0 Å². The van der Waals surface area contributed by atoms with Crippen molar-refractivity contribution < 1.29 is 23.8 Å². The lowest BCUT2D eigenvalue weighted by atomic mass is 10.1. The molecule has 134 valence electrons. The van der Waals surface area contributed by atoms with Crippen LogP contribution in [0.15, 0.2) is 42.5 Å². The van der Waals surface area contributed by atoms with E-state index in [1.54, 1.807) is 38.1 Å². The van der Waals surface area contributed by atoms with Gasteiger partial charge in [-0.15, -0.1) is 0 Å². The van der Waals surface area contributed by atoms with Crippen LogP contribution in [-0.4, -0.2) is 25.2 Å².